The molecule has 1 aromatic carbocycles. The van der Waals surface area contributed by atoms with Crippen LogP contribution in [0.2, 0.25) is 0 Å². The Hall–Kier alpha value is -1.00. The topological polar surface area (TPSA) is 30.0 Å². The summed E-state index contributed by atoms with van der Waals surface area (Å²) in [5.41, 5.74) is 3.42. The number of hydrogen-bond donors (Lipinski definition) is 0. The summed E-state index contributed by atoms with van der Waals surface area (Å²) in [4.78, 5) is 16.1. The summed E-state index contributed by atoms with van der Waals surface area (Å²) < 4.78 is 1.12. The molecular formula is C11H6BrNOS. The molecule has 4 heteroatoms. The van der Waals surface area contributed by atoms with Crippen molar-refractivity contribution < 1.29 is 4.79 Å². The van der Waals surface area contributed by atoms with Gasteiger partial charge in [0.25, 0.3) is 0 Å². The molecule has 0 unspecified atom stereocenters. The first kappa shape index (κ1) is 9.24. The van der Waals surface area contributed by atoms with Crippen molar-refractivity contribution in [1.82, 2.24) is 4.98 Å². The van der Waals surface area contributed by atoms with Gasteiger partial charge in [-0.2, -0.15) is 0 Å². The smallest absolute Gasteiger partial charge is 0.178 e. The Labute approximate surface area is 99.1 Å². The number of aromatic nitrogens is 1. The number of carbonyl (C=O) groups is 1. The third-order valence-corrected chi connectivity index (χ3v) is 4.25. The van der Waals surface area contributed by atoms with E-state index in [9.17, 15) is 4.79 Å². The van der Waals surface area contributed by atoms with Gasteiger partial charge in [-0.3, -0.25) is 4.79 Å². The van der Waals surface area contributed by atoms with E-state index in [0.717, 1.165) is 28.4 Å². The van der Waals surface area contributed by atoms with Crippen molar-refractivity contribution in [3.8, 4) is 11.3 Å². The van der Waals surface area contributed by atoms with Crippen LogP contribution in [0, 0.1) is 0 Å². The van der Waals surface area contributed by atoms with Crippen molar-refractivity contribution in [2.24, 2.45) is 0 Å². The maximum Gasteiger partial charge on any atom is 0.178 e. The largest absolute Gasteiger partial charge is 0.295 e. The van der Waals surface area contributed by atoms with Gasteiger partial charge in [0.05, 0.1) is 5.69 Å². The molecular weight excluding hydrogens is 274 g/mol. The predicted molar refractivity (Wildman–Crippen MR) is 63.4 cm³/mol. The van der Waals surface area contributed by atoms with E-state index in [1.807, 2.05) is 12.1 Å². The van der Waals surface area contributed by atoms with Gasteiger partial charge in [-0.25, -0.2) is 4.98 Å². The number of thiazole rings is 1. The van der Waals surface area contributed by atoms with E-state index in [4.69, 9.17) is 0 Å². The Balaban J connectivity index is 2.25. The highest BCUT2D eigenvalue weighted by atomic mass is 79.9. The van der Waals surface area contributed by atoms with Crippen LogP contribution in [0.5, 0.6) is 0 Å². The maximum atomic E-state index is 10.6. The van der Waals surface area contributed by atoms with E-state index in [-0.39, 0.29) is 0 Å². The molecule has 74 valence electrons. The van der Waals surface area contributed by atoms with Crippen molar-refractivity contribution in [3.05, 3.63) is 38.1 Å². The van der Waals surface area contributed by atoms with Crippen molar-refractivity contribution in [2.75, 3.05) is 0 Å². The van der Waals surface area contributed by atoms with Gasteiger partial charge >= 0.3 is 0 Å². The van der Waals surface area contributed by atoms with E-state index >= 15 is 0 Å². The molecule has 2 nitrogen and oxygen atoms in total. The second-order valence-corrected chi connectivity index (χ2v) is 5.35. The van der Waals surface area contributed by atoms with Crippen LogP contribution in [-0.2, 0) is 6.42 Å². The second kappa shape index (κ2) is 3.25. The minimum absolute atomic E-state index is 0.575. The van der Waals surface area contributed by atoms with Gasteiger partial charge in [0.2, 0.25) is 0 Å². The fraction of sp³-hybridized carbons (Fsp3) is 0.0909. The van der Waals surface area contributed by atoms with E-state index in [2.05, 4.69) is 27.0 Å². The van der Waals surface area contributed by atoms with Crippen LogP contribution >= 0.6 is 27.3 Å². The van der Waals surface area contributed by atoms with Gasteiger partial charge in [-0.1, -0.05) is 28.1 Å². The average molecular weight is 280 g/mol. The molecule has 0 saturated carbocycles. The molecule has 0 radical (unpaired) electrons. The van der Waals surface area contributed by atoms with Crippen LogP contribution in [0.1, 0.15) is 20.2 Å². The Morgan fingerprint density at radius 3 is 3.13 bits per heavy atom. The van der Waals surface area contributed by atoms with Crippen LogP contribution in [-0.4, -0.2) is 11.3 Å². The van der Waals surface area contributed by atoms with Gasteiger partial charge in [-0.15, -0.1) is 11.3 Å². The van der Waals surface area contributed by atoms with Crippen molar-refractivity contribution in [3.63, 3.8) is 0 Å². The molecule has 0 saturated heterocycles. The van der Waals surface area contributed by atoms with Crippen molar-refractivity contribution >= 4 is 33.6 Å². The summed E-state index contributed by atoms with van der Waals surface area (Å²) in [7, 11) is 0. The maximum absolute atomic E-state index is 10.6. The van der Waals surface area contributed by atoms with Gasteiger partial charge in [0.1, 0.15) is 0 Å². The minimum Gasteiger partial charge on any atom is -0.295 e. The first-order chi connectivity index (χ1) is 7.29. The average Bonchev–Trinajstić information content (AvgIpc) is 2.76. The van der Waals surface area contributed by atoms with E-state index in [1.165, 1.54) is 21.8 Å². The van der Waals surface area contributed by atoms with Crippen LogP contribution in [0.3, 0.4) is 0 Å². The SMILES string of the molecule is O=Cc1nc2c(s1)Cc1c(Br)cccc1-2. The third kappa shape index (κ3) is 1.28. The lowest BCUT2D eigenvalue weighted by Crippen LogP contribution is -1.84. The normalized spacial score (nSPS) is 12.3. The number of aldehydes is 1. The monoisotopic (exact) mass is 279 g/mol. The Morgan fingerprint density at radius 2 is 2.33 bits per heavy atom. The number of benzene rings is 1. The van der Waals surface area contributed by atoms with Crippen LogP contribution in [0.25, 0.3) is 11.3 Å². The summed E-state index contributed by atoms with van der Waals surface area (Å²) in [6.45, 7) is 0. The molecule has 0 atom stereocenters. The second-order valence-electron chi connectivity index (χ2n) is 3.38. The van der Waals surface area contributed by atoms with E-state index in [1.54, 1.807) is 0 Å². The lowest BCUT2D eigenvalue weighted by atomic mass is 10.1. The highest BCUT2D eigenvalue weighted by Gasteiger charge is 2.24. The minimum atomic E-state index is 0.575. The predicted octanol–water partition coefficient (Wildman–Crippen LogP) is 3.29. The number of hydrogen-bond acceptors (Lipinski definition) is 3. The highest BCUT2D eigenvalue weighted by molar-refractivity contribution is 9.10. The molecule has 15 heavy (non-hydrogen) atoms. The van der Waals surface area contributed by atoms with Gasteiger partial charge in [0.15, 0.2) is 11.3 Å². The summed E-state index contributed by atoms with van der Waals surface area (Å²) in [6, 6.07) is 6.09. The fourth-order valence-corrected chi connectivity index (χ4v) is 3.28. The van der Waals surface area contributed by atoms with Crippen molar-refractivity contribution in [2.45, 2.75) is 6.42 Å². The molecule has 1 heterocycles. The van der Waals surface area contributed by atoms with Crippen LogP contribution in [0.4, 0.5) is 0 Å². The quantitative estimate of drug-likeness (QED) is 0.640. The third-order valence-electron chi connectivity index (χ3n) is 2.53. The molecule has 1 aliphatic carbocycles. The molecule has 0 N–H and O–H groups in total. The molecule has 2 aromatic rings. The Kier molecular flexibility index (Phi) is 2.00. The number of halogens is 1. The van der Waals surface area contributed by atoms with Gasteiger partial charge in [-0.05, 0) is 11.6 Å². The summed E-state index contributed by atoms with van der Waals surface area (Å²) in [5.74, 6) is 0. The van der Waals surface area contributed by atoms with Gasteiger partial charge < -0.3 is 0 Å². The lowest BCUT2D eigenvalue weighted by molar-refractivity contribution is 0.112. The number of rotatable bonds is 1. The molecule has 0 amide bonds. The molecule has 0 aliphatic heterocycles. The highest BCUT2D eigenvalue weighted by Crippen LogP contribution is 2.41. The number of fused-ring (bicyclic) bond motifs is 3. The first-order valence-electron chi connectivity index (χ1n) is 4.52. The zero-order valence-electron chi connectivity index (χ0n) is 7.66. The Morgan fingerprint density at radius 1 is 1.47 bits per heavy atom. The molecule has 0 spiro atoms. The molecule has 1 aromatic heterocycles. The standard InChI is InChI=1S/C11H6BrNOS/c12-8-3-1-2-6-7(8)4-9-11(6)13-10(5-14)15-9/h1-3,5H,4H2. The number of nitrogens with zero attached hydrogens (tertiary/aromatic N) is 1. The summed E-state index contributed by atoms with van der Waals surface area (Å²) in [6.07, 6.45) is 1.71. The summed E-state index contributed by atoms with van der Waals surface area (Å²) >= 11 is 5.02. The van der Waals surface area contributed by atoms with E-state index < -0.39 is 0 Å². The molecule has 3 rings (SSSR count). The molecule has 0 bridgehead atoms. The zero-order valence-corrected chi connectivity index (χ0v) is 10.1. The van der Waals surface area contributed by atoms with Crippen LogP contribution in [0.15, 0.2) is 22.7 Å². The Bertz CT molecular complexity index is 562. The number of carbonyl (C=O) groups excluding carboxylic acids is 1. The fourth-order valence-electron chi connectivity index (χ4n) is 1.87. The summed E-state index contributed by atoms with van der Waals surface area (Å²) in [5, 5.41) is 0.575. The van der Waals surface area contributed by atoms with Crippen LogP contribution < -0.4 is 0 Å². The van der Waals surface area contributed by atoms with E-state index in [0.29, 0.717) is 5.01 Å². The van der Waals surface area contributed by atoms with Gasteiger partial charge in [0, 0.05) is 21.3 Å². The molecule has 1 aliphatic rings. The van der Waals surface area contributed by atoms with Crippen molar-refractivity contribution in [1.29, 1.82) is 0 Å². The lowest BCUT2D eigenvalue weighted by Gasteiger charge is -2.00. The first-order valence-corrected chi connectivity index (χ1v) is 6.13. The zero-order chi connectivity index (χ0) is 10.4. The molecule has 0 fully saturated rings.